The van der Waals surface area contributed by atoms with E-state index in [2.05, 4.69) is 359 Å². The molecule has 0 amide bonds. The van der Waals surface area contributed by atoms with Crippen molar-refractivity contribution in [1.29, 1.82) is 0 Å². The Hall–Kier alpha value is -12.7. The standard InChI is InChI=1S/C89H61N7O/c1-89(2,3)67-43-44-90-85(51-67)94-76-38-19-16-33-71(76)73-54-81-82(55-80(73)94)96(88-91-75-37-18-20-39-77(75)95(81)88)83-53-68(52-74-72-34-17-23-42-84(72)97-87(74)83)92-56-93(79-41-22-21-40-78(79)92)86-69(65-47-61(57-25-8-4-9-26-57)45-62(48-65)58-27-10-5-11-28-58)35-24-36-70(86)66-49-63(59-29-12-6-13-30-59)46-64(50-66)60-31-14-7-15-32-60/h4-55H,1-3H3. The SMILES string of the molecule is CC(C)(C)c1ccnc(-n2c3ccccc3c3cc4c(cc32)n(-c2cc(-n3[c-][n+](-c5c(-c6cc(-c7ccccc7)cc(-c7ccccc7)c6)cccc5-c5cc(-c6ccccc6)cc(-c6ccccc6)c5)c5ccccc53)cc3c2oc2ccccc23)c2nc3ccccc3n42)c1. The van der Waals surface area contributed by atoms with Gasteiger partial charge >= 0.3 is 0 Å². The van der Waals surface area contributed by atoms with Crippen LogP contribution >= 0.6 is 0 Å². The molecule has 8 nitrogen and oxygen atoms in total. The number of fused-ring (bicyclic) bond motifs is 12. The highest BCUT2D eigenvalue weighted by molar-refractivity contribution is 6.15. The van der Waals surface area contributed by atoms with Gasteiger partial charge in [-0.1, -0.05) is 233 Å². The monoisotopic (exact) mass is 1240 g/mol. The maximum Gasteiger partial charge on any atom is 0.269 e. The fourth-order valence-corrected chi connectivity index (χ4v) is 14.9. The van der Waals surface area contributed by atoms with Crippen molar-refractivity contribution in [3.8, 4) is 89.6 Å². The maximum absolute atomic E-state index is 7.20. The smallest absolute Gasteiger partial charge is 0.269 e. The van der Waals surface area contributed by atoms with Crippen LogP contribution in [0.1, 0.15) is 26.3 Å². The predicted molar refractivity (Wildman–Crippen MR) is 397 cm³/mol. The molecule has 0 N–H and O–H groups in total. The lowest BCUT2D eigenvalue weighted by Gasteiger charge is -2.20. The summed E-state index contributed by atoms with van der Waals surface area (Å²) in [4.78, 5) is 10.7. The van der Waals surface area contributed by atoms with Gasteiger partial charge in [0.1, 0.15) is 11.4 Å². The Morgan fingerprint density at radius 1 is 0.381 bits per heavy atom. The summed E-state index contributed by atoms with van der Waals surface area (Å²) in [5.41, 5.74) is 26.6. The van der Waals surface area contributed by atoms with E-state index in [0.717, 1.165) is 172 Å². The number of hydrogen-bond acceptors (Lipinski definition) is 3. The number of rotatable bonds is 10. The molecule has 0 bridgehead atoms. The third-order valence-corrected chi connectivity index (χ3v) is 19.5. The zero-order valence-electron chi connectivity index (χ0n) is 53.6. The quantitative estimate of drug-likeness (QED) is 0.101. The van der Waals surface area contributed by atoms with Gasteiger partial charge in [-0.2, -0.15) is 0 Å². The molecule has 19 rings (SSSR count). The van der Waals surface area contributed by atoms with E-state index in [1.807, 2.05) is 6.20 Å². The number of benzene rings is 13. The van der Waals surface area contributed by atoms with Crippen LogP contribution in [0.25, 0.3) is 172 Å². The first-order valence-electron chi connectivity index (χ1n) is 33.1. The second kappa shape index (κ2) is 22.0. The first-order valence-corrected chi connectivity index (χ1v) is 33.1. The summed E-state index contributed by atoms with van der Waals surface area (Å²) in [6.07, 6.45) is 6.09. The van der Waals surface area contributed by atoms with Gasteiger partial charge in [0.2, 0.25) is 5.78 Å². The van der Waals surface area contributed by atoms with Crippen molar-refractivity contribution in [3.63, 3.8) is 0 Å². The van der Waals surface area contributed by atoms with E-state index in [-0.39, 0.29) is 5.41 Å². The normalized spacial score (nSPS) is 12.1. The number of hydrogen-bond donors (Lipinski definition) is 0. The largest absolute Gasteiger partial charge is 0.454 e. The predicted octanol–water partition coefficient (Wildman–Crippen LogP) is 22.1. The molecule has 8 heteroatoms. The Labute approximate surface area is 559 Å². The molecule has 13 aromatic carbocycles. The van der Waals surface area contributed by atoms with Crippen molar-refractivity contribution in [2.75, 3.05) is 0 Å². The highest BCUT2D eigenvalue weighted by Gasteiger charge is 2.28. The molecule has 0 spiro atoms. The van der Waals surface area contributed by atoms with Gasteiger partial charge in [0.25, 0.3) is 6.33 Å². The van der Waals surface area contributed by atoms with Crippen LogP contribution in [0.4, 0.5) is 0 Å². The summed E-state index contributed by atoms with van der Waals surface area (Å²) < 4.78 is 18.7. The van der Waals surface area contributed by atoms with E-state index >= 15 is 0 Å². The molecule has 19 aromatic rings. The van der Waals surface area contributed by atoms with E-state index in [1.54, 1.807) is 0 Å². The summed E-state index contributed by atoms with van der Waals surface area (Å²) in [7, 11) is 0. The fourth-order valence-electron chi connectivity index (χ4n) is 14.9. The first kappa shape index (κ1) is 55.9. The Balaban J connectivity index is 0.906. The molecule has 97 heavy (non-hydrogen) atoms. The van der Waals surface area contributed by atoms with Crippen LogP contribution in [0.5, 0.6) is 0 Å². The zero-order chi connectivity index (χ0) is 64.5. The number of pyridine rings is 1. The topological polar surface area (TPSA) is 62.0 Å². The average molecular weight is 1240 g/mol. The Morgan fingerprint density at radius 2 is 0.918 bits per heavy atom. The minimum atomic E-state index is -0.0939. The minimum Gasteiger partial charge on any atom is -0.454 e. The highest BCUT2D eigenvalue weighted by Crippen LogP contribution is 2.45. The summed E-state index contributed by atoms with van der Waals surface area (Å²) in [6.45, 7) is 6.77. The molecule has 458 valence electrons. The molecule has 6 heterocycles. The van der Waals surface area contributed by atoms with Crippen molar-refractivity contribution in [3.05, 3.63) is 327 Å². The van der Waals surface area contributed by atoms with Crippen LogP contribution in [-0.2, 0) is 5.41 Å². The lowest BCUT2D eigenvalue weighted by molar-refractivity contribution is -0.571. The van der Waals surface area contributed by atoms with E-state index in [4.69, 9.17) is 14.4 Å². The number of furan rings is 1. The molecule has 0 unspecified atom stereocenters. The third kappa shape index (κ3) is 9.16. The molecule has 0 saturated heterocycles. The molecule has 0 saturated carbocycles. The average Bonchev–Trinajstić information content (AvgIpc) is 1.52. The molecule has 0 aliphatic rings. The van der Waals surface area contributed by atoms with Crippen LogP contribution in [-0.4, -0.2) is 28.1 Å². The van der Waals surface area contributed by atoms with Crippen LogP contribution in [0, 0.1) is 6.33 Å². The van der Waals surface area contributed by atoms with Crippen molar-refractivity contribution in [2.45, 2.75) is 26.2 Å². The van der Waals surface area contributed by atoms with Gasteiger partial charge in [-0.25, -0.2) is 9.97 Å². The molecule has 6 aromatic heterocycles. The number of aromatic nitrogens is 7. The van der Waals surface area contributed by atoms with Crippen LogP contribution in [0.2, 0.25) is 0 Å². The summed E-state index contributed by atoms with van der Waals surface area (Å²) in [5, 5.41) is 4.23. The van der Waals surface area contributed by atoms with Gasteiger partial charge in [-0.3, -0.25) is 22.7 Å². The number of para-hydroxylation sites is 7. The molecule has 0 aliphatic heterocycles. The van der Waals surface area contributed by atoms with Gasteiger partial charge in [0, 0.05) is 27.7 Å². The van der Waals surface area contributed by atoms with E-state index in [9.17, 15) is 0 Å². The minimum absolute atomic E-state index is 0.0939. The highest BCUT2D eigenvalue weighted by atomic mass is 16.3. The number of imidazole rings is 3. The van der Waals surface area contributed by atoms with Gasteiger partial charge in [-0.05, 0) is 175 Å². The Bertz CT molecular complexity index is 6080. The van der Waals surface area contributed by atoms with Crippen molar-refractivity contribution >= 4 is 82.6 Å². The van der Waals surface area contributed by atoms with Gasteiger partial charge in [-0.15, -0.1) is 0 Å². The molecular formula is C89H61N7O. The van der Waals surface area contributed by atoms with E-state index in [0.29, 0.717) is 0 Å². The summed E-state index contributed by atoms with van der Waals surface area (Å²) >= 11 is 0. The lowest BCUT2D eigenvalue weighted by Crippen LogP contribution is -2.31. The maximum atomic E-state index is 7.20. The van der Waals surface area contributed by atoms with Gasteiger partial charge in [0.15, 0.2) is 5.58 Å². The van der Waals surface area contributed by atoms with Crippen molar-refractivity contribution < 1.29 is 8.98 Å². The Kier molecular flexibility index (Phi) is 12.7. The fraction of sp³-hybridized carbons (Fsp3) is 0.0449. The molecule has 0 fully saturated rings. The van der Waals surface area contributed by atoms with Crippen molar-refractivity contribution in [2.24, 2.45) is 0 Å². The van der Waals surface area contributed by atoms with Crippen molar-refractivity contribution in [1.82, 2.24) is 28.1 Å². The Morgan fingerprint density at radius 3 is 1.54 bits per heavy atom. The van der Waals surface area contributed by atoms with Crippen LogP contribution < -0.4 is 4.57 Å². The van der Waals surface area contributed by atoms with Crippen LogP contribution in [0.15, 0.2) is 320 Å². The lowest BCUT2D eigenvalue weighted by atomic mass is 9.88. The van der Waals surface area contributed by atoms with E-state index < -0.39 is 0 Å². The second-order valence-electron chi connectivity index (χ2n) is 26.4. The molecule has 0 radical (unpaired) electrons. The molecule has 0 aliphatic carbocycles. The second-order valence-corrected chi connectivity index (χ2v) is 26.4. The van der Waals surface area contributed by atoms with Gasteiger partial charge < -0.3 is 4.42 Å². The van der Waals surface area contributed by atoms with E-state index in [1.165, 1.54) is 5.56 Å². The van der Waals surface area contributed by atoms with Crippen LogP contribution in [0.3, 0.4) is 0 Å². The number of nitrogens with zero attached hydrogens (tertiary/aromatic N) is 7. The van der Waals surface area contributed by atoms with Gasteiger partial charge in [0.05, 0.1) is 61.2 Å². The molecular weight excluding hydrogens is 1180 g/mol. The summed E-state index contributed by atoms with van der Waals surface area (Å²) in [6, 6.07) is 112. The molecule has 0 atom stereocenters. The zero-order valence-corrected chi connectivity index (χ0v) is 53.6. The summed E-state index contributed by atoms with van der Waals surface area (Å²) in [5.74, 6) is 1.63. The third-order valence-electron chi connectivity index (χ3n) is 19.5. The first-order chi connectivity index (χ1) is 47.7.